The number of non-ortho nitro benzene ring substituents is 1. The number of carbonyl (C=O) groups excluding carboxylic acids is 1. The summed E-state index contributed by atoms with van der Waals surface area (Å²) in [6.45, 7) is 0.120. The maximum absolute atomic E-state index is 13.8. The third-order valence-corrected chi connectivity index (χ3v) is 8.96. The highest BCUT2D eigenvalue weighted by molar-refractivity contribution is 7.89. The molecule has 1 aliphatic heterocycles. The number of sulfonamides is 1. The smallest absolute Gasteiger partial charge is 0.325 e. The minimum Gasteiger partial charge on any atom is -0.451 e. The highest BCUT2D eigenvalue weighted by atomic mass is 32.2. The summed E-state index contributed by atoms with van der Waals surface area (Å²) >= 11 is 0. The van der Waals surface area contributed by atoms with Gasteiger partial charge >= 0.3 is 5.97 Å². The Hall–Kier alpha value is -4.34. The van der Waals surface area contributed by atoms with E-state index in [0.717, 1.165) is 28.8 Å². The first-order valence-electron chi connectivity index (χ1n) is 12.9. The third-order valence-electron chi connectivity index (χ3n) is 7.07. The lowest BCUT2D eigenvalue weighted by molar-refractivity contribution is -0.384. The number of nitro benzene ring substituents is 1. The predicted molar refractivity (Wildman–Crippen MR) is 150 cm³/mol. The second-order valence-electron chi connectivity index (χ2n) is 9.77. The quantitative estimate of drug-likeness (QED) is 0.152. The van der Waals surface area contributed by atoms with E-state index in [0.29, 0.717) is 6.42 Å². The number of carbonyl (C=O) groups is 1. The Balaban J connectivity index is 1.47. The number of ether oxygens (including phenoxy) is 1. The first-order chi connectivity index (χ1) is 19.3. The second-order valence-corrected chi connectivity index (χ2v) is 11.7. The lowest BCUT2D eigenvalue weighted by atomic mass is 9.96. The summed E-state index contributed by atoms with van der Waals surface area (Å²) in [5.74, 6) is -0.765. The lowest BCUT2D eigenvalue weighted by Crippen LogP contribution is -2.41. The van der Waals surface area contributed by atoms with E-state index in [-0.39, 0.29) is 29.5 Å². The SMILES string of the molecule is O=C(OC(c1ccccc1)c1ccccc1)[C@@H]1C[C@@H](Cc2ccccc2)CN1S(=O)(=O)c1ccc([N+](=O)[O-])cc1. The Morgan fingerprint density at radius 2 is 1.38 bits per heavy atom. The van der Waals surface area contributed by atoms with Gasteiger partial charge in [0.1, 0.15) is 6.04 Å². The Labute approximate surface area is 233 Å². The molecule has 8 nitrogen and oxygen atoms in total. The molecular weight excluding hydrogens is 528 g/mol. The van der Waals surface area contributed by atoms with Crippen LogP contribution in [-0.2, 0) is 26.0 Å². The summed E-state index contributed by atoms with van der Waals surface area (Å²) in [7, 11) is -4.16. The van der Waals surface area contributed by atoms with E-state index in [1.54, 1.807) is 0 Å². The van der Waals surface area contributed by atoms with E-state index in [2.05, 4.69) is 0 Å². The van der Waals surface area contributed by atoms with Crippen molar-refractivity contribution >= 4 is 21.7 Å². The Morgan fingerprint density at radius 3 is 1.90 bits per heavy atom. The van der Waals surface area contributed by atoms with E-state index in [9.17, 15) is 23.3 Å². The van der Waals surface area contributed by atoms with Gasteiger partial charge < -0.3 is 4.74 Å². The molecule has 0 aromatic heterocycles. The molecule has 4 aromatic rings. The van der Waals surface area contributed by atoms with E-state index in [4.69, 9.17) is 4.74 Å². The van der Waals surface area contributed by atoms with Gasteiger partial charge in [-0.1, -0.05) is 91.0 Å². The zero-order chi connectivity index (χ0) is 28.1. The molecule has 0 saturated carbocycles. The molecule has 0 N–H and O–H groups in total. The fraction of sp³-hybridized carbons (Fsp3) is 0.194. The molecule has 4 aromatic carbocycles. The van der Waals surface area contributed by atoms with Crippen LogP contribution in [0.25, 0.3) is 0 Å². The molecule has 1 aliphatic rings. The molecule has 0 amide bonds. The molecule has 0 radical (unpaired) electrons. The van der Waals surface area contributed by atoms with Gasteiger partial charge in [-0.25, -0.2) is 8.42 Å². The van der Waals surface area contributed by atoms with E-state index >= 15 is 0 Å². The van der Waals surface area contributed by atoms with Crippen LogP contribution >= 0.6 is 0 Å². The molecule has 1 saturated heterocycles. The van der Waals surface area contributed by atoms with Crippen LogP contribution in [0.2, 0.25) is 0 Å². The Kier molecular flexibility index (Phi) is 8.04. The van der Waals surface area contributed by atoms with E-state index in [1.165, 1.54) is 16.4 Å². The van der Waals surface area contributed by atoms with Crippen molar-refractivity contribution in [2.45, 2.75) is 29.9 Å². The van der Waals surface area contributed by atoms with Crippen molar-refractivity contribution in [2.75, 3.05) is 6.54 Å². The van der Waals surface area contributed by atoms with Gasteiger partial charge in [-0.2, -0.15) is 4.31 Å². The van der Waals surface area contributed by atoms with Gasteiger partial charge in [0.15, 0.2) is 6.10 Å². The highest BCUT2D eigenvalue weighted by Gasteiger charge is 2.45. The zero-order valence-electron chi connectivity index (χ0n) is 21.6. The van der Waals surface area contributed by atoms with Gasteiger partial charge in [0, 0.05) is 18.7 Å². The van der Waals surface area contributed by atoms with Crippen LogP contribution in [0.5, 0.6) is 0 Å². The van der Waals surface area contributed by atoms with Crippen molar-refractivity contribution in [2.24, 2.45) is 5.92 Å². The van der Waals surface area contributed by atoms with Crippen molar-refractivity contribution in [1.29, 1.82) is 0 Å². The summed E-state index contributed by atoms with van der Waals surface area (Å²) in [4.78, 5) is 24.2. The zero-order valence-corrected chi connectivity index (χ0v) is 22.4. The van der Waals surface area contributed by atoms with Gasteiger partial charge in [0.25, 0.3) is 5.69 Å². The molecule has 204 valence electrons. The van der Waals surface area contributed by atoms with Crippen LogP contribution in [0.1, 0.15) is 29.2 Å². The number of rotatable bonds is 9. The van der Waals surface area contributed by atoms with Crippen molar-refractivity contribution in [3.8, 4) is 0 Å². The van der Waals surface area contributed by atoms with Crippen molar-refractivity contribution in [1.82, 2.24) is 4.31 Å². The molecule has 1 heterocycles. The average Bonchev–Trinajstić information content (AvgIpc) is 3.42. The number of nitrogens with zero attached hydrogens (tertiary/aromatic N) is 2. The van der Waals surface area contributed by atoms with Crippen LogP contribution in [0.3, 0.4) is 0 Å². The highest BCUT2D eigenvalue weighted by Crippen LogP contribution is 2.35. The number of hydrogen-bond donors (Lipinski definition) is 0. The fourth-order valence-electron chi connectivity index (χ4n) is 5.12. The Bertz CT molecular complexity index is 1520. The van der Waals surface area contributed by atoms with Gasteiger partial charge in [-0.05, 0) is 47.6 Å². The van der Waals surface area contributed by atoms with Crippen molar-refractivity contribution in [3.05, 3.63) is 142 Å². The monoisotopic (exact) mass is 556 g/mol. The summed E-state index contributed by atoms with van der Waals surface area (Å²) in [6, 6.07) is 32.0. The average molecular weight is 557 g/mol. The number of hydrogen-bond acceptors (Lipinski definition) is 6. The second kappa shape index (κ2) is 11.8. The van der Waals surface area contributed by atoms with Crippen LogP contribution in [0, 0.1) is 16.0 Å². The number of benzene rings is 4. The summed E-state index contributed by atoms with van der Waals surface area (Å²) in [6.07, 6.45) is 0.167. The Morgan fingerprint density at radius 1 is 0.850 bits per heavy atom. The largest absolute Gasteiger partial charge is 0.451 e. The molecule has 0 spiro atoms. The normalized spacial score (nSPS) is 17.5. The van der Waals surface area contributed by atoms with Gasteiger partial charge in [0.2, 0.25) is 10.0 Å². The van der Waals surface area contributed by atoms with Gasteiger partial charge in [0.05, 0.1) is 9.82 Å². The van der Waals surface area contributed by atoms with Crippen LogP contribution in [0.15, 0.2) is 120 Å². The predicted octanol–water partition coefficient (Wildman–Crippen LogP) is 5.55. The summed E-state index contributed by atoms with van der Waals surface area (Å²) in [5.41, 5.74) is 2.36. The molecular formula is C31H28N2O6S. The number of nitro groups is 1. The maximum atomic E-state index is 13.8. The molecule has 0 unspecified atom stereocenters. The lowest BCUT2D eigenvalue weighted by Gasteiger charge is -2.26. The topological polar surface area (TPSA) is 107 Å². The minimum absolute atomic E-state index is 0.112. The first-order valence-corrected chi connectivity index (χ1v) is 14.4. The molecule has 0 aliphatic carbocycles. The molecule has 0 bridgehead atoms. The minimum atomic E-state index is -4.16. The molecule has 40 heavy (non-hydrogen) atoms. The van der Waals surface area contributed by atoms with Crippen molar-refractivity contribution in [3.63, 3.8) is 0 Å². The standard InChI is InChI=1S/C31H28N2O6S/c34-31(39-30(25-12-6-2-7-13-25)26-14-8-3-9-15-26)29-21-24(20-23-10-4-1-5-11-23)22-32(29)40(37,38)28-18-16-27(17-19-28)33(35)36/h1-19,24,29-30H,20-22H2/t24-,29+/m1/s1. The molecule has 2 atom stereocenters. The summed E-state index contributed by atoms with van der Waals surface area (Å²) < 4.78 is 34.9. The molecule has 1 fully saturated rings. The van der Waals surface area contributed by atoms with E-state index in [1.807, 2.05) is 91.0 Å². The van der Waals surface area contributed by atoms with Crippen LogP contribution in [-0.4, -0.2) is 36.2 Å². The maximum Gasteiger partial charge on any atom is 0.325 e. The van der Waals surface area contributed by atoms with Crippen LogP contribution in [0.4, 0.5) is 5.69 Å². The fourth-order valence-corrected chi connectivity index (χ4v) is 6.78. The van der Waals surface area contributed by atoms with E-state index < -0.39 is 33.1 Å². The van der Waals surface area contributed by atoms with Gasteiger partial charge in [-0.15, -0.1) is 0 Å². The van der Waals surface area contributed by atoms with Crippen LogP contribution < -0.4 is 0 Å². The molecule has 9 heteroatoms. The van der Waals surface area contributed by atoms with Crippen molar-refractivity contribution < 1.29 is 22.9 Å². The van der Waals surface area contributed by atoms with Gasteiger partial charge in [-0.3, -0.25) is 14.9 Å². The summed E-state index contributed by atoms with van der Waals surface area (Å²) in [5, 5.41) is 11.1. The molecule has 5 rings (SSSR count). The first kappa shape index (κ1) is 27.2. The number of esters is 1. The third kappa shape index (κ3) is 5.95.